The molecule has 0 spiro atoms. The molecule has 1 aliphatic heterocycles. The van der Waals surface area contributed by atoms with Crippen molar-refractivity contribution in [1.82, 2.24) is 34.0 Å². The molecule has 0 bridgehead atoms. The number of sulfonamides is 1. The maximum atomic E-state index is 13.5. The van der Waals surface area contributed by atoms with Crippen LogP contribution in [0.3, 0.4) is 0 Å². The van der Waals surface area contributed by atoms with Gasteiger partial charge in [-0.2, -0.15) is 32.5 Å². The zero-order chi connectivity index (χ0) is 28.1. The Balaban J connectivity index is 1.54. The first-order valence-electron chi connectivity index (χ1n) is 12.3. The maximum Gasteiger partial charge on any atom is 0.392 e. The van der Waals surface area contributed by atoms with Gasteiger partial charge in [-0.15, -0.1) is 5.10 Å². The second kappa shape index (κ2) is 9.99. The van der Waals surface area contributed by atoms with Crippen molar-refractivity contribution in [3.63, 3.8) is 0 Å². The lowest BCUT2D eigenvalue weighted by Crippen LogP contribution is -2.52. The van der Waals surface area contributed by atoms with Crippen LogP contribution >= 0.6 is 0 Å². The predicted molar refractivity (Wildman–Crippen MR) is 135 cm³/mol. The summed E-state index contributed by atoms with van der Waals surface area (Å²) < 4.78 is 83.5. The molecule has 0 saturated carbocycles. The topological polar surface area (TPSA) is 89.2 Å². The van der Waals surface area contributed by atoms with E-state index in [0.29, 0.717) is 11.3 Å². The molecule has 0 amide bonds. The summed E-state index contributed by atoms with van der Waals surface area (Å²) in [6.07, 6.45) is -1.60. The van der Waals surface area contributed by atoms with Crippen LogP contribution < -0.4 is 0 Å². The van der Waals surface area contributed by atoms with Crippen LogP contribution in [0, 0.1) is 18.7 Å². The van der Waals surface area contributed by atoms with Crippen molar-refractivity contribution >= 4 is 20.9 Å². The Morgan fingerprint density at radius 3 is 2.44 bits per heavy atom. The van der Waals surface area contributed by atoms with Gasteiger partial charge in [0.15, 0.2) is 0 Å². The van der Waals surface area contributed by atoms with E-state index in [0.717, 1.165) is 34.4 Å². The lowest BCUT2D eigenvalue weighted by Gasteiger charge is -2.42. The minimum absolute atomic E-state index is 0.0176. The summed E-state index contributed by atoms with van der Waals surface area (Å²) in [6, 6.07) is 8.92. The second-order valence-corrected chi connectivity index (χ2v) is 11.7. The van der Waals surface area contributed by atoms with Gasteiger partial charge in [0.25, 0.3) is 10.0 Å². The van der Waals surface area contributed by atoms with Gasteiger partial charge < -0.3 is 0 Å². The lowest BCUT2D eigenvalue weighted by molar-refractivity contribution is -0.176. The minimum atomic E-state index is -4.39. The Bertz CT molecular complexity index is 1600. The van der Waals surface area contributed by atoms with Gasteiger partial charge in [0.2, 0.25) is 5.03 Å². The van der Waals surface area contributed by atoms with Gasteiger partial charge in [-0.05, 0) is 54.4 Å². The zero-order valence-electron chi connectivity index (χ0n) is 21.5. The van der Waals surface area contributed by atoms with E-state index in [1.165, 1.54) is 23.5 Å². The van der Waals surface area contributed by atoms with E-state index in [1.807, 2.05) is 19.1 Å². The first kappa shape index (κ1) is 27.2. The third-order valence-electron chi connectivity index (χ3n) is 7.09. The monoisotopic (exact) mass is 565 g/mol. The molecular weight excluding hydrogens is 538 g/mol. The summed E-state index contributed by atoms with van der Waals surface area (Å²) in [5.41, 5.74) is 2.85. The minimum Gasteiger partial charge on any atom is -0.293 e. The van der Waals surface area contributed by atoms with E-state index < -0.39 is 28.2 Å². The Labute approximate surface area is 222 Å². The van der Waals surface area contributed by atoms with E-state index in [4.69, 9.17) is 0 Å². The Kier molecular flexibility index (Phi) is 6.97. The summed E-state index contributed by atoms with van der Waals surface area (Å²) in [7, 11) is -2.51. The van der Waals surface area contributed by atoms with Crippen LogP contribution in [0.1, 0.15) is 24.1 Å². The standard InChI is InChI=1S/C25H27F4N7O2S/c1-16-10-22-18(12-31-36(22)20-6-4-19(26)5-7-20)11-21(16)23-15-35(39(37,38)24-13-30-33(3)32-24)9-8-34(23)14-17(2)25(27,28)29/h4-7,10-13,17,23H,8-9,14-15H2,1-3H3/t17?,23-/m1/s1. The third-order valence-corrected chi connectivity index (χ3v) is 8.82. The van der Waals surface area contributed by atoms with Crippen LogP contribution in [0.4, 0.5) is 17.6 Å². The SMILES string of the molecule is Cc1cc2c(cnn2-c2ccc(F)cc2)cc1[C@H]1CN(S(=O)(=O)c2cnn(C)n2)CCN1CC(C)C(F)(F)F. The quantitative estimate of drug-likeness (QED) is 0.330. The van der Waals surface area contributed by atoms with E-state index in [-0.39, 0.29) is 37.0 Å². The van der Waals surface area contributed by atoms with Gasteiger partial charge in [0.05, 0.1) is 29.5 Å². The Hall–Kier alpha value is -3.36. The molecule has 2 atom stereocenters. The highest BCUT2D eigenvalue weighted by atomic mass is 32.2. The largest absolute Gasteiger partial charge is 0.392 e. The third kappa shape index (κ3) is 5.28. The van der Waals surface area contributed by atoms with Gasteiger partial charge in [-0.3, -0.25) is 4.90 Å². The number of benzene rings is 2. The maximum absolute atomic E-state index is 13.5. The number of halogens is 4. The summed E-state index contributed by atoms with van der Waals surface area (Å²) in [4.78, 5) is 2.84. The highest BCUT2D eigenvalue weighted by Crippen LogP contribution is 2.36. The highest BCUT2D eigenvalue weighted by molar-refractivity contribution is 7.89. The van der Waals surface area contributed by atoms with Crippen molar-refractivity contribution in [2.75, 3.05) is 26.2 Å². The van der Waals surface area contributed by atoms with Crippen LogP contribution in [0.2, 0.25) is 0 Å². The van der Waals surface area contributed by atoms with Crippen LogP contribution in [0.15, 0.2) is 53.8 Å². The van der Waals surface area contributed by atoms with E-state index in [9.17, 15) is 26.0 Å². The molecule has 5 rings (SSSR count). The fourth-order valence-corrected chi connectivity index (χ4v) is 6.23. The average Bonchev–Trinajstić information content (AvgIpc) is 3.50. The molecule has 1 aliphatic rings. The van der Waals surface area contributed by atoms with E-state index >= 15 is 0 Å². The predicted octanol–water partition coefficient (Wildman–Crippen LogP) is 3.85. The molecule has 1 fully saturated rings. The van der Waals surface area contributed by atoms with Gasteiger partial charge in [-0.1, -0.05) is 6.92 Å². The van der Waals surface area contributed by atoms with E-state index in [1.54, 1.807) is 27.9 Å². The van der Waals surface area contributed by atoms with Crippen molar-refractivity contribution in [3.8, 4) is 5.69 Å². The molecule has 0 aliphatic carbocycles. The molecule has 14 heteroatoms. The van der Waals surface area contributed by atoms with Crippen LogP contribution in [-0.2, 0) is 17.1 Å². The zero-order valence-corrected chi connectivity index (χ0v) is 22.3. The average molecular weight is 566 g/mol. The molecule has 4 aromatic rings. The number of nitrogens with zero attached hydrogens (tertiary/aromatic N) is 7. The molecule has 2 aromatic heterocycles. The van der Waals surface area contributed by atoms with Crippen LogP contribution in [-0.4, -0.2) is 74.8 Å². The molecule has 0 N–H and O–H groups in total. The van der Waals surface area contributed by atoms with Gasteiger partial charge in [0, 0.05) is 44.7 Å². The highest BCUT2D eigenvalue weighted by Gasteiger charge is 2.42. The first-order valence-corrected chi connectivity index (χ1v) is 13.7. The van der Waals surface area contributed by atoms with Crippen LogP contribution in [0.25, 0.3) is 16.6 Å². The number of aromatic nitrogens is 5. The van der Waals surface area contributed by atoms with Crippen molar-refractivity contribution in [3.05, 3.63) is 65.7 Å². The normalized spacial score (nSPS) is 18.6. The molecular formula is C25H27F4N7O2S. The van der Waals surface area contributed by atoms with E-state index in [2.05, 4.69) is 15.3 Å². The van der Waals surface area contributed by atoms with Gasteiger partial charge in [-0.25, -0.2) is 17.5 Å². The van der Waals surface area contributed by atoms with Crippen LogP contribution in [0.5, 0.6) is 0 Å². The number of hydrogen-bond acceptors (Lipinski definition) is 6. The fraction of sp³-hybridized carbons (Fsp3) is 0.400. The molecule has 1 unspecified atom stereocenters. The number of alkyl halides is 3. The molecule has 208 valence electrons. The number of fused-ring (bicyclic) bond motifs is 1. The van der Waals surface area contributed by atoms with Crippen molar-refractivity contribution in [2.24, 2.45) is 13.0 Å². The summed E-state index contributed by atoms with van der Waals surface area (Å²) >= 11 is 0. The van der Waals surface area contributed by atoms with Crippen molar-refractivity contribution in [1.29, 1.82) is 0 Å². The second-order valence-electron chi connectivity index (χ2n) is 9.79. The first-order chi connectivity index (χ1) is 18.3. The smallest absolute Gasteiger partial charge is 0.293 e. The lowest BCUT2D eigenvalue weighted by atomic mass is 9.95. The fourth-order valence-electron chi connectivity index (χ4n) is 4.90. The number of rotatable bonds is 6. The van der Waals surface area contributed by atoms with Crippen molar-refractivity contribution in [2.45, 2.75) is 31.1 Å². The number of hydrogen-bond donors (Lipinski definition) is 0. The van der Waals surface area contributed by atoms with Crippen molar-refractivity contribution < 1.29 is 26.0 Å². The summed E-state index contributed by atoms with van der Waals surface area (Å²) in [5, 5.41) is 12.7. The number of piperazine rings is 1. The number of aryl methyl sites for hydroxylation is 2. The Morgan fingerprint density at radius 2 is 1.79 bits per heavy atom. The molecule has 1 saturated heterocycles. The Morgan fingerprint density at radius 1 is 1.08 bits per heavy atom. The van der Waals surface area contributed by atoms with Gasteiger partial charge in [0.1, 0.15) is 5.82 Å². The summed E-state index contributed by atoms with van der Waals surface area (Å²) in [6.45, 7) is 2.75. The molecule has 3 heterocycles. The van der Waals surface area contributed by atoms with Gasteiger partial charge >= 0.3 is 6.18 Å². The molecule has 39 heavy (non-hydrogen) atoms. The molecule has 9 nitrogen and oxygen atoms in total. The molecule has 2 aromatic carbocycles. The molecule has 0 radical (unpaired) electrons. The summed E-state index contributed by atoms with van der Waals surface area (Å²) in [5.74, 6) is -1.98.